The van der Waals surface area contributed by atoms with E-state index in [1.54, 1.807) is 7.05 Å². The third-order valence-electron chi connectivity index (χ3n) is 3.68. The van der Waals surface area contributed by atoms with Gasteiger partial charge in [-0.2, -0.15) is 9.40 Å². The molecule has 0 spiro atoms. The molecule has 1 fully saturated rings. The smallest absolute Gasteiger partial charge is 0.246 e. The van der Waals surface area contributed by atoms with Gasteiger partial charge >= 0.3 is 0 Å². The first-order valence-electron chi connectivity index (χ1n) is 6.00. The molecule has 1 aromatic heterocycles. The monoisotopic (exact) mass is 257 g/mol. The van der Waals surface area contributed by atoms with Crippen LogP contribution in [-0.2, 0) is 10.0 Å². The van der Waals surface area contributed by atoms with Gasteiger partial charge in [0.25, 0.3) is 0 Å². The maximum absolute atomic E-state index is 12.3. The highest BCUT2D eigenvalue weighted by Crippen LogP contribution is 2.30. The van der Waals surface area contributed by atoms with E-state index in [1.807, 2.05) is 0 Å². The molecule has 5 nitrogen and oxygen atoms in total. The van der Waals surface area contributed by atoms with Gasteiger partial charge in [0.1, 0.15) is 4.90 Å². The van der Waals surface area contributed by atoms with Crippen molar-refractivity contribution in [2.45, 2.75) is 43.5 Å². The fourth-order valence-corrected chi connectivity index (χ4v) is 3.95. The van der Waals surface area contributed by atoms with Crippen LogP contribution in [0.25, 0.3) is 0 Å². The van der Waals surface area contributed by atoms with Crippen molar-refractivity contribution < 1.29 is 8.42 Å². The second-order valence-corrected chi connectivity index (χ2v) is 6.78. The fourth-order valence-electron chi connectivity index (χ4n) is 2.56. The largest absolute Gasteiger partial charge is 0.284 e. The van der Waals surface area contributed by atoms with Gasteiger partial charge in [-0.15, -0.1) is 0 Å². The molecule has 2 unspecified atom stereocenters. The average Bonchev–Trinajstić information content (AvgIpc) is 2.83. The van der Waals surface area contributed by atoms with E-state index in [2.05, 4.69) is 17.1 Å². The zero-order valence-corrected chi connectivity index (χ0v) is 11.1. The molecular weight excluding hydrogens is 238 g/mol. The molecule has 1 aliphatic carbocycles. The Morgan fingerprint density at radius 2 is 2.12 bits per heavy atom. The number of sulfonamides is 1. The van der Waals surface area contributed by atoms with E-state index < -0.39 is 10.0 Å². The van der Waals surface area contributed by atoms with Crippen molar-refractivity contribution in [3.05, 3.63) is 12.4 Å². The Morgan fingerprint density at radius 1 is 1.41 bits per heavy atom. The van der Waals surface area contributed by atoms with Crippen LogP contribution >= 0.6 is 0 Å². The second-order valence-electron chi connectivity index (χ2n) is 4.78. The summed E-state index contributed by atoms with van der Waals surface area (Å²) in [6.07, 6.45) is 7.17. The topological polar surface area (TPSA) is 66.1 Å². The SMILES string of the molecule is CC1CCCCC1N(C)S(=O)(=O)c1cn[nH]c1. The average molecular weight is 257 g/mol. The molecule has 1 aromatic rings. The molecule has 1 N–H and O–H groups in total. The minimum absolute atomic E-state index is 0.114. The lowest BCUT2D eigenvalue weighted by Gasteiger charge is -2.35. The number of aromatic amines is 1. The number of nitrogens with one attached hydrogen (secondary N) is 1. The highest BCUT2D eigenvalue weighted by Gasteiger charge is 2.33. The summed E-state index contributed by atoms with van der Waals surface area (Å²) in [5, 5.41) is 6.25. The predicted octanol–water partition coefficient (Wildman–Crippen LogP) is 1.61. The number of hydrogen-bond acceptors (Lipinski definition) is 3. The molecule has 0 aliphatic heterocycles. The Morgan fingerprint density at radius 3 is 2.71 bits per heavy atom. The van der Waals surface area contributed by atoms with Gasteiger partial charge in [0.05, 0.1) is 6.20 Å². The van der Waals surface area contributed by atoms with Crippen molar-refractivity contribution in [3.8, 4) is 0 Å². The van der Waals surface area contributed by atoms with Crippen LogP contribution in [0.4, 0.5) is 0 Å². The molecule has 0 radical (unpaired) electrons. The first kappa shape index (κ1) is 12.6. The molecule has 1 saturated carbocycles. The number of H-pyrrole nitrogens is 1. The van der Waals surface area contributed by atoms with Crippen LogP contribution in [0.2, 0.25) is 0 Å². The molecule has 96 valence electrons. The molecule has 17 heavy (non-hydrogen) atoms. The van der Waals surface area contributed by atoms with Crippen molar-refractivity contribution in [1.82, 2.24) is 14.5 Å². The standard InChI is InChI=1S/C11H19N3O2S/c1-9-5-3-4-6-11(9)14(2)17(15,16)10-7-12-13-8-10/h7-9,11H,3-6H2,1-2H3,(H,12,13). The van der Waals surface area contributed by atoms with Crippen LogP contribution in [0.1, 0.15) is 32.6 Å². The minimum Gasteiger partial charge on any atom is -0.284 e. The van der Waals surface area contributed by atoms with E-state index in [-0.39, 0.29) is 10.9 Å². The molecule has 2 rings (SSSR count). The summed E-state index contributed by atoms with van der Waals surface area (Å²) in [6.45, 7) is 2.13. The Labute approximate surface area is 102 Å². The summed E-state index contributed by atoms with van der Waals surface area (Å²) in [7, 11) is -1.71. The molecular formula is C11H19N3O2S. The highest BCUT2D eigenvalue weighted by molar-refractivity contribution is 7.89. The van der Waals surface area contributed by atoms with Gasteiger partial charge < -0.3 is 0 Å². The first-order chi connectivity index (χ1) is 8.03. The van der Waals surface area contributed by atoms with E-state index in [0.29, 0.717) is 5.92 Å². The summed E-state index contributed by atoms with van der Waals surface area (Å²) >= 11 is 0. The summed E-state index contributed by atoms with van der Waals surface area (Å²) in [5.41, 5.74) is 0. The number of aromatic nitrogens is 2. The summed E-state index contributed by atoms with van der Waals surface area (Å²) in [5.74, 6) is 0.426. The normalized spacial score (nSPS) is 26.3. The molecule has 6 heteroatoms. The maximum Gasteiger partial charge on any atom is 0.246 e. The van der Waals surface area contributed by atoms with Crippen molar-refractivity contribution in [1.29, 1.82) is 0 Å². The van der Waals surface area contributed by atoms with E-state index in [0.717, 1.165) is 19.3 Å². The molecule has 0 saturated heterocycles. The number of rotatable bonds is 3. The van der Waals surface area contributed by atoms with Crippen molar-refractivity contribution in [3.63, 3.8) is 0 Å². The lowest BCUT2D eigenvalue weighted by molar-refractivity contribution is 0.213. The molecule has 2 atom stereocenters. The maximum atomic E-state index is 12.3. The van der Waals surface area contributed by atoms with Crippen molar-refractivity contribution in [2.75, 3.05) is 7.05 Å². The van der Waals surface area contributed by atoms with Crippen molar-refractivity contribution >= 4 is 10.0 Å². The van der Waals surface area contributed by atoms with E-state index in [9.17, 15) is 8.42 Å². The summed E-state index contributed by atoms with van der Waals surface area (Å²) in [4.78, 5) is 0.248. The van der Waals surface area contributed by atoms with Gasteiger partial charge in [-0.25, -0.2) is 8.42 Å². The minimum atomic E-state index is -3.39. The Balaban J connectivity index is 2.22. The van der Waals surface area contributed by atoms with E-state index in [4.69, 9.17) is 0 Å². The lowest BCUT2D eigenvalue weighted by Crippen LogP contribution is -2.42. The zero-order chi connectivity index (χ0) is 12.5. The van der Waals surface area contributed by atoms with E-state index in [1.165, 1.54) is 23.1 Å². The second kappa shape index (κ2) is 4.78. The van der Waals surface area contributed by atoms with Crippen molar-refractivity contribution in [2.24, 2.45) is 5.92 Å². The predicted molar refractivity (Wildman–Crippen MR) is 65.0 cm³/mol. The van der Waals surface area contributed by atoms with Crippen LogP contribution in [0.5, 0.6) is 0 Å². The van der Waals surface area contributed by atoms with E-state index >= 15 is 0 Å². The lowest BCUT2D eigenvalue weighted by atomic mass is 9.86. The van der Waals surface area contributed by atoms with Gasteiger partial charge in [-0.05, 0) is 18.8 Å². The Hall–Kier alpha value is -0.880. The van der Waals surface area contributed by atoms with Gasteiger partial charge in [0.2, 0.25) is 10.0 Å². The van der Waals surface area contributed by atoms with Crippen LogP contribution in [0, 0.1) is 5.92 Å². The van der Waals surface area contributed by atoms with Gasteiger partial charge in [-0.1, -0.05) is 19.8 Å². The molecule has 0 bridgehead atoms. The third-order valence-corrected chi connectivity index (χ3v) is 5.53. The molecule has 0 aromatic carbocycles. The zero-order valence-electron chi connectivity index (χ0n) is 10.3. The third kappa shape index (κ3) is 2.37. The van der Waals surface area contributed by atoms with Crippen LogP contribution < -0.4 is 0 Å². The van der Waals surface area contributed by atoms with Crippen LogP contribution in [0.3, 0.4) is 0 Å². The molecule has 1 heterocycles. The number of hydrogen-bond donors (Lipinski definition) is 1. The first-order valence-corrected chi connectivity index (χ1v) is 7.44. The quantitative estimate of drug-likeness (QED) is 0.894. The Kier molecular flexibility index (Phi) is 3.53. The van der Waals surface area contributed by atoms with Gasteiger partial charge in [0, 0.05) is 19.3 Å². The number of nitrogens with zero attached hydrogens (tertiary/aromatic N) is 2. The molecule has 1 aliphatic rings. The highest BCUT2D eigenvalue weighted by atomic mass is 32.2. The molecule has 0 amide bonds. The fraction of sp³-hybridized carbons (Fsp3) is 0.727. The summed E-state index contributed by atoms with van der Waals surface area (Å²) < 4.78 is 26.1. The van der Waals surface area contributed by atoms with Gasteiger partial charge in [0.15, 0.2) is 0 Å². The Bertz CT molecular complexity index is 455. The van der Waals surface area contributed by atoms with Crippen LogP contribution in [-0.4, -0.2) is 36.0 Å². The van der Waals surface area contributed by atoms with Gasteiger partial charge in [-0.3, -0.25) is 5.10 Å². The van der Waals surface area contributed by atoms with Crippen LogP contribution in [0.15, 0.2) is 17.3 Å². The summed E-state index contributed by atoms with van der Waals surface area (Å²) in [6, 6.07) is 0.114.